The normalized spacial score (nSPS) is 24.6. The van der Waals surface area contributed by atoms with Crippen molar-refractivity contribution in [1.29, 1.82) is 0 Å². The molecule has 0 aromatic heterocycles. The molecule has 1 N–H and O–H groups in total. The first-order valence-corrected chi connectivity index (χ1v) is 9.91. The fourth-order valence-corrected chi connectivity index (χ4v) is 5.84. The Morgan fingerprint density at radius 2 is 2.05 bits per heavy atom. The molecule has 0 amide bonds. The molecule has 0 saturated carbocycles. The van der Waals surface area contributed by atoms with Gasteiger partial charge < -0.3 is 5.32 Å². The highest BCUT2D eigenvalue weighted by Gasteiger charge is 2.32. The van der Waals surface area contributed by atoms with Crippen LogP contribution in [0.4, 0.5) is 0 Å². The van der Waals surface area contributed by atoms with Crippen molar-refractivity contribution in [1.82, 2.24) is 5.32 Å². The minimum Gasteiger partial charge on any atom is -0.309 e. The van der Waals surface area contributed by atoms with Crippen LogP contribution >= 0.6 is 46.7 Å². The summed E-state index contributed by atoms with van der Waals surface area (Å²) in [5, 5.41) is 6.19. The summed E-state index contributed by atoms with van der Waals surface area (Å²) < 4.78 is 0. The van der Waals surface area contributed by atoms with Crippen LogP contribution in [0.15, 0.2) is 18.2 Å². The molecule has 0 spiro atoms. The van der Waals surface area contributed by atoms with Crippen molar-refractivity contribution >= 4 is 46.7 Å². The predicted molar refractivity (Wildman–Crippen MR) is 95.7 cm³/mol. The Labute approximate surface area is 140 Å². The van der Waals surface area contributed by atoms with E-state index in [9.17, 15) is 0 Å². The van der Waals surface area contributed by atoms with Crippen molar-refractivity contribution in [3.05, 3.63) is 33.8 Å². The van der Waals surface area contributed by atoms with Gasteiger partial charge in [-0.2, -0.15) is 23.5 Å². The zero-order valence-corrected chi connectivity index (χ0v) is 15.0. The van der Waals surface area contributed by atoms with Crippen molar-refractivity contribution in [2.45, 2.75) is 36.8 Å². The lowest BCUT2D eigenvalue weighted by Gasteiger charge is -2.35. The molecule has 3 atom stereocenters. The Balaban J connectivity index is 2.28. The maximum Gasteiger partial charge on any atom is 0.0640 e. The maximum atomic E-state index is 6.45. The molecule has 1 fully saturated rings. The highest BCUT2D eigenvalue weighted by Crippen LogP contribution is 2.41. The molecular formula is C15H21Cl2NS2. The first kappa shape index (κ1) is 16.8. The molecule has 1 aliphatic heterocycles. The second-order valence-electron chi connectivity index (χ2n) is 4.99. The van der Waals surface area contributed by atoms with Crippen LogP contribution in [0.3, 0.4) is 0 Å². The van der Waals surface area contributed by atoms with Gasteiger partial charge in [-0.15, -0.1) is 0 Å². The Morgan fingerprint density at radius 3 is 2.75 bits per heavy atom. The van der Waals surface area contributed by atoms with E-state index in [4.69, 9.17) is 23.2 Å². The van der Waals surface area contributed by atoms with Crippen molar-refractivity contribution in [3.63, 3.8) is 0 Å². The summed E-state index contributed by atoms with van der Waals surface area (Å²) in [6, 6.07) is 6.23. The van der Waals surface area contributed by atoms with E-state index in [1.807, 2.05) is 12.1 Å². The van der Waals surface area contributed by atoms with Crippen LogP contribution in [-0.4, -0.2) is 28.6 Å². The van der Waals surface area contributed by atoms with E-state index >= 15 is 0 Å². The molecule has 1 aliphatic rings. The van der Waals surface area contributed by atoms with Crippen molar-refractivity contribution < 1.29 is 0 Å². The largest absolute Gasteiger partial charge is 0.309 e. The second-order valence-corrected chi connectivity index (χ2v) is 8.54. The molecule has 3 unspecified atom stereocenters. The summed E-state index contributed by atoms with van der Waals surface area (Å²) in [4.78, 5) is 0. The van der Waals surface area contributed by atoms with Crippen molar-refractivity contribution in [2.24, 2.45) is 0 Å². The van der Waals surface area contributed by atoms with Gasteiger partial charge in [0.1, 0.15) is 0 Å². The number of thioether (sulfide) groups is 2. The summed E-state index contributed by atoms with van der Waals surface area (Å²) in [6.45, 7) is 5.51. The molecule has 1 heterocycles. The minimum atomic E-state index is 0.272. The number of hydrogen-bond acceptors (Lipinski definition) is 3. The average molecular weight is 350 g/mol. The minimum absolute atomic E-state index is 0.272. The average Bonchev–Trinajstić information content (AvgIpc) is 2.45. The van der Waals surface area contributed by atoms with Crippen LogP contribution in [0.1, 0.15) is 31.9 Å². The summed E-state index contributed by atoms with van der Waals surface area (Å²) in [7, 11) is 0. The third-order valence-corrected chi connectivity index (χ3v) is 7.52. The standard InChI is InChI=1S/C15H21Cl2NS2/c1-3-7-18-14(15-10(2)19-8-9-20-15)11-5-4-6-12(16)13(11)17/h4-6,10,14-15,18H,3,7-9H2,1-2H3. The lowest BCUT2D eigenvalue weighted by molar-refractivity contribution is 0.509. The zero-order chi connectivity index (χ0) is 14.5. The van der Waals surface area contributed by atoms with Crippen LogP contribution in [-0.2, 0) is 0 Å². The topological polar surface area (TPSA) is 12.0 Å². The third kappa shape index (κ3) is 4.01. The molecule has 5 heteroatoms. The first-order valence-electron chi connectivity index (χ1n) is 7.05. The third-order valence-electron chi connectivity index (χ3n) is 3.50. The number of halogens is 2. The van der Waals surface area contributed by atoms with E-state index < -0.39 is 0 Å². The molecule has 1 saturated heterocycles. The fraction of sp³-hybridized carbons (Fsp3) is 0.600. The molecule has 1 aromatic rings. The number of rotatable bonds is 5. The van der Waals surface area contributed by atoms with Crippen LogP contribution in [0.25, 0.3) is 0 Å². The fourth-order valence-electron chi connectivity index (χ4n) is 2.48. The van der Waals surface area contributed by atoms with Gasteiger partial charge in [-0.05, 0) is 24.6 Å². The van der Waals surface area contributed by atoms with Gasteiger partial charge in [0.2, 0.25) is 0 Å². The van der Waals surface area contributed by atoms with Gasteiger partial charge >= 0.3 is 0 Å². The van der Waals surface area contributed by atoms with Crippen molar-refractivity contribution in [3.8, 4) is 0 Å². The molecule has 2 rings (SSSR count). The molecule has 0 bridgehead atoms. The lowest BCUT2D eigenvalue weighted by atomic mass is 10.0. The van der Waals surface area contributed by atoms with Gasteiger partial charge in [-0.25, -0.2) is 0 Å². The number of nitrogens with one attached hydrogen (secondary N) is 1. The highest BCUT2D eigenvalue weighted by atomic mass is 35.5. The van der Waals surface area contributed by atoms with E-state index in [2.05, 4.69) is 48.8 Å². The van der Waals surface area contributed by atoms with Crippen LogP contribution in [0.2, 0.25) is 10.0 Å². The highest BCUT2D eigenvalue weighted by molar-refractivity contribution is 8.07. The van der Waals surface area contributed by atoms with Crippen molar-refractivity contribution in [2.75, 3.05) is 18.1 Å². The van der Waals surface area contributed by atoms with Gasteiger partial charge in [-0.3, -0.25) is 0 Å². The molecule has 0 radical (unpaired) electrons. The van der Waals surface area contributed by atoms with Crippen LogP contribution in [0, 0.1) is 0 Å². The second kappa shape index (κ2) is 8.19. The maximum absolute atomic E-state index is 6.45. The summed E-state index contributed by atoms with van der Waals surface area (Å²) in [5.41, 5.74) is 1.14. The predicted octanol–water partition coefficient (Wildman–Crippen LogP) is 5.27. The van der Waals surface area contributed by atoms with E-state index in [0.29, 0.717) is 20.5 Å². The Hall–Kier alpha value is 0.460. The monoisotopic (exact) mass is 349 g/mol. The van der Waals surface area contributed by atoms with E-state index in [1.165, 1.54) is 11.5 Å². The summed E-state index contributed by atoms with van der Waals surface area (Å²) in [6.07, 6.45) is 1.12. The van der Waals surface area contributed by atoms with Gasteiger partial charge in [0.15, 0.2) is 0 Å². The Kier molecular flexibility index (Phi) is 6.89. The van der Waals surface area contributed by atoms with E-state index in [0.717, 1.165) is 18.5 Å². The van der Waals surface area contributed by atoms with Gasteiger partial charge in [-0.1, -0.05) is 49.2 Å². The Bertz CT molecular complexity index is 442. The van der Waals surface area contributed by atoms with E-state index in [1.54, 1.807) is 0 Å². The lowest BCUT2D eigenvalue weighted by Crippen LogP contribution is -2.38. The molecule has 20 heavy (non-hydrogen) atoms. The van der Waals surface area contributed by atoms with Crippen LogP contribution < -0.4 is 5.32 Å². The quantitative estimate of drug-likeness (QED) is 0.777. The van der Waals surface area contributed by atoms with Gasteiger partial charge in [0.05, 0.1) is 10.0 Å². The molecule has 1 nitrogen and oxygen atoms in total. The molecule has 0 aliphatic carbocycles. The first-order chi connectivity index (χ1) is 9.65. The molecule has 1 aromatic carbocycles. The summed E-state index contributed by atoms with van der Waals surface area (Å²) in [5.74, 6) is 2.45. The van der Waals surface area contributed by atoms with Gasteiger partial charge in [0, 0.05) is 28.0 Å². The van der Waals surface area contributed by atoms with E-state index in [-0.39, 0.29) is 6.04 Å². The van der Waals surface area contributed by atoms with Gasteiger partial charge in [0.25, 0.3) is 0 Å². The number of benzene rings is 1. The SMILES string of the molecule is CCCNC(c1cccc(Cl)c1Cl)C1SCCSC1C. The Morgan fingerprint density at radius 1 is 1.30 bits per heavy atom. The smallest absolute Gasteiger partial charge is 0.0640 e. The molecular weight excluding hydrogens is 329 g/mol. The van der Waals surface area contributed by atoms with Crippen LogP contribution in [0.5, 0.6) is 0 Å². The zero-order valence-electron chi connectivity index (χ0n) is 11.9. The number of hydrogen-bond donors (Lipinski definition) is 1. The summed E-state index contributed by atoms with van der Waals surface area (Å²) >= 11 is 16.8. The molecule has 112 valence electrons.